The lowest BCUT2D eigenvalue weighted by atomic mass is 9.84. The molecule has 4 nitrogen and oxygen atoms in total. The quantitative estimate of drug-likeness (QED) is 0.509. The second-order valence-electron chi connectivity index (χ2n) is 9.52. The maximum absolute atomic E-state index is 13.3. The number of hydrogen-bond acceptors (Lipinski definition) is 3. The first-order chi connectivity index (χ1) is 15.2. The molecule has 2 aliphatic rings. The van der Waals surface area contributed by atoms with Crippen molar-refractivity contribution in [1.82, 2.24) is 4.98 Å². The zero-order valence-electron chi connectivity index (χ0n) is 19.8. The molecule has 31 heavy (non-hydrogen) atoms. The van der Waals surface area contributed by atoms with Crippen LogP contribution in [0.3, 0.4) is 0 Å². The van der Waals surface area contributed by atoms with Crippen molar-refractivity contribution >= 4 is 23.4 Å². The van der Waals surface area contributed by atoms with E-state index in [9.17, 15) is 4.79 Å². The zero-order chi connectivity index (χ0) is 21.9. The Morgan fingerprint density at radius 1 is 0.903 bits per heavy atom. The molecule has 0 radical (unpaired) electrons. The van der Waals surface area contributed by atoms with Crippen LogP contribution in [0.1, 0.15) is 120 Å². The van der Waals surface area contributed by atoms with E-state index in [2.05, 4.69) is 16.7 Å². The molecule has 1 aromatic heterocycles. The van der Waals surface area contributed by atoms with Gasteiger partial charge in [0.25, 0.3) is 0 Å². The Morgan fingerprint density at radius 3 is 2.00 bits per heavy atom. The second-order valence-corrected chi connectivity index (χ2v) is 9.52. The first-order valence-electron chi connectivity index (χ1n) is 12.9. The highest BCUT2D eigenvalue weighted by molar-refractivity contribution is 5.94. The van der Waals surface area contributed by atoms with E-state index < -0.39 is 0 Å². The maximum Gasteiger partial charge on any atom is 0.227 e. The summed E-state index contributed by atoms with van der Waals surface area (Å²) < 4.78 is 0. The summed E-state index contributed by atoms with van der Waals surface area (Å²) in [6, 6.07) is 0. The van der Waals surface area contributed by atoms with Crippen molar-refractivity contribution in [3.63, 3.8) is 0 Å². The Kier molecular flexibility index (Phi) is 9.89. The van der Waals surface area contributed by atoms with Crippen molar-refractivity contribution in [1.29, 1.82) is 0 Å². The zero-order valence-corrected chi connectivity index (χ0v) is 19.8. The van der Waals surface area contributed by atoms with Crippen LogP contribution >= 0.6 is 0 Å². The smallest absolute Gasteiger partial charge is 0.227 e. The third-order valence-electron chi connectivity index (χ3n) is 7.22. The number of anilines is 2. The Morgan fingerprint density at radius 2 is 1.45 bits per heavy atom. The minimum absolute atomic E-state index is 0.136. The molecule has 0 spiro atoms. The molecule has 0 aromatic carbocycles. The number of nitrogens with zero attached hydrogens (tertiary/aromatic N) is 1. The number of nitrogens with one attached hydrogen (secondary N) is 2. The normalized spacial score (nSPS) is 20.3. The number of carbonyl (C=O) groups excluding carboxylic acids is 1. The van der Waals surface area contributed by atoms with Crippen LogP contribution in [-0.2, 0) is 4.79 Å². The van der Waals surface area contributed by atoms with E-state index in [1.165, 1.54) is 89.0 Å². The summed E-state index contributed by atoms with van der Waals surface area (Å²) in [7, 11) is 1.99. The lowest BCUT2D eigenvalue weighted by molar-refractivity contribution is -0.120. The lowest BCUT2D eigenvalue weighted by Crippen LogP contribution is -2.24. The average Bonchev–Trinajstić information content (AvgIpc) is 2.89. The predicted molar refractivity (Wildman–Crippen MR) is 133 cm³/mol. The monoisotopic (exact) mass is 425 g/mol. The van der Waals surface area contributed by atoms with E-state index in [1.807, 2.05) is 26.2 Å². The van der Waals surface area contributed by atoms with Crippen LogP contribution in [0.15, 0.2) is 12.3 Å². The molecular weight excluding hydrogens is 382 g/mol. The van der Waals surface area contributed by atoms with Crippen LogP contribution < -0.4 is 10.6 Å². The van der Waals surface area contributed by atoms with Crippen molar-refractivity contribution in [2.45, 2.75) is 109 Å². The van der Waals surface area contributed by atoms with Crippen LogP contribution in [0.25, 0.3) is 6.08 Å². The molecule has 2 N–H and O–H groups in total. The van der Waals surface area contributed by atoms with Gasteiger partial charge in [0.05, 0.1) is 23.3 Å². The van der Waals surface area contributed by atoms with E-state index in [1.54, 1.807) is 0 Å². The van der Waals surface area contributed by atoms with Gasteiger partial charge in [-0.2, -0.15) is 0 Å². The number of hydrogen-bond donors (Lipinski definition) is 2. The van der Waals surface area contributed by atoms with Gasteiger partial charge in [0.15, 0.2) is 0 Å². The van der Waals surface area contributed by atoms with Crippen molar-refractivity contribution in [2.24, 2.45) is 5.92 Å². The van der Waals surface area contributed by atoms with Gasteiger partial charge in [0.1, 0.15) is 0 Å². The second kappa shape index (κ2) is 12.9. The Bertz CT molecular complexity index is 709. The fraction of sp³-hybridized carbons (Fsp3) is 0.704. The summed E-state index contributed by atoms with van der Waals surface area (Å²) in [6.45, 7) is 2.03. The molecule has 2 aliphatic carbocycles. The van der Waals surface area contributed by atoms with Crippen molar-refractivity contribution < 1.29 is 4.79 Å². The molecule has 4 heteroatoms. The Balaban J connectivity index is 1.89. The van der Waals surface area contributed by atoms with Gasteiger partial charge in [-0.1, -0.05) is 76.7 Å². The van der Waals surface area contributed by atoms with Crippen LogP contribution in [0.5, 0.6) is 0 Å². The molecule has 0 bridgehead atoms. The van der Waals surface area contributed by atoms with E-state index in [0.29, 0.717) is 5.92 Å². The lowest BCUT2D eigenvalue weighted by Gasteiger charge is -2.27. The molecule has 1 amide bonds. The summed E-state index contributed by atoms with van der Waals surface area (Å²) in [4.78, 5) is 18.1. The number of allylic oxidation sites excluding steroid dienone is 1. The first kappa shape index (κ1) is 23.8. The third-order valence-corrected chi connectivity index (χ3v) is 7.22. The van der Waals surface area contributed by atoms with Crippen LogP contribution in [0, 0.1) is 5.92 Å². The van der Waals surface area contributed by atoms with Gasteiger partial charge >= 0.3 is 0 Å². The Labute approximate surface area is 189 Å². The highest BCUT2D eigenvalue weighted by Crippen LogP contribution is 2.41. The minimum atomic E-state index is 0.136. The molecule has 0 aliphatic heterocycles. The number of aromatic nitrogens is 1. The predicted octanol–water partition coefficient (Wildman–Crippen LogP) is 7.67. The first-order valence-corrected chi connectivity index (χ1v) is 12.9. The van der Waals surface area contributed by atoms with Gasteiger partial charge in [-0.3, -0.25) is 9.78 Å². The largest absolute Gasteiger partial charge is 0.386 e. The third kappa shape index (κ3) is 6.82. The van der Waals surface area contributed by atoms with E-state index in [4.69, 9.17) is 4.98 Å². The number of amides is 1. The highest BCUT2D eigenvalue weighted by Gasteiger charge is 2.25. The molecule has 3 rings (SSSR count). The summed E-state index contributed by atoms with van der Waals surface area (Å²) in [5.74, 6) is 0.818. The summed E-state index contributed by atoms with van der Waals surface area (Å²) >= 11 is 0. The molecule has 1 heterocycles. The molecule has 2 fully saturated rings. The van der Waals surface area contributed by atoms with Gasteiger partial charge in [-0.05, 0) is 44.6 Å². The van der Waals surface area contributed by atoms with Gasteiger partial charge in [0, 0.05) is 18.5 Å². The Hall–Kier alpha value is -1.84. The average molecular weight is 426 g/mol. The van der Waals surface area contributed by atoms with Crippen LogP contribution in [-0.4, -0.2) is 17.9 Å². The molecule has 172 valence electrons. The van der Waals surface area contributed by atoms with Gasteiger partial charge < -0.3 is 10.6 Å². The summed E-state index contributed by atoms with van der Waals surface area (Å²) in [6.07, 6.45) is 24.5. The SMILES string of the molecule is C/C=C\c1ncc(NC(=O)C2CCCCCCCC2)c(C2CCCCCCC2)c1NC. The number of carbonyl (C=O) groups is 1. The molecular formula is C27H43N3O. The van der Waals surface area contributed by atoms with E-state index >= 15 is 0 Å². The van der Waals surface area contributed by atoms with Gasteiger partial charge in [-0.25, -0.2) is 0 Å². The molecule has 1 aromatic rings. The fourth-order valence-corrected chi connectivity index (χ4v) is 5.49. The number of pyridine rings is 1. The summed E-state index contributed by atoms with van der Waals surface area (Å²) in [5.41, 5.74) is 4.29. The molecule has 0 saturated heterocycles. The standard InChI is InChI=1S/C27H43N3O/c1-3-15-23-26(28-2)25(21-16-11-9-6-10-12-17-21)24(20-29-23)30-27(31)22-18-13-7-4-5-8-14-19-22/h3,15,20-22,28H,4-14,16-19H2,1-2H3,(H,30,31)/b15-3-. The topological polar surface area (TPSA) is 54.0 Å². The minimum Gasteiger partial charge on any atom is -0.386 e. The van der Waals surface area contributed by atoms with Crippen molar-refractivity contribution in [3.05, 3.63) is 23.5 Å². The van der Waals surface area contributed by atoms with Gasteiger partial charge in [0.2, 0.25) is 5.91 Å². The molecule has 0 atom stereocenters. The van der Waals surface area contributed by atoms with Crippen molar-refractivity contribution in [2.75, 3.05) is 17.7 Å². The maximum atomic E-state index is 13.3. The van der Waals surface area contributed by atoms with Crippen LogP contribution in [0.4, 0.5) is 11.4 Å². The van der Waals surface area contributed by atoms with Crippen molar-refractivity contribution in [3.8, 4) is 0 Å². The van der Waals surface area contributed by atoms with Crippen LogP contribution in [0.2, 0.25) is 0 Å². The van der Waals surface area contributed by atoms with E-state index in [0.717, 1.165) is 29.9 Å². The highest BCUT2D eigenvalue weighted by atomic mass is 16.1. The molecule has 0 unspecified atom stereocenters. The fourth-order valence-electron chi connectivity index (χ4n) is 5.49. The molecule has 2 saturated carbocycles. The van der Waals surface area contributed by atoms with Gasteiger partial charge in [-0.15, -0.1) is 0 Å². The number of rotatable bonds is 5. The van der Waals surface area contributed by atoms with E-state index in [-0.39, 0.29) is 11.8 Å². The summed E-state index contributed by atoms with van der Waals surface area (Å²) in [5, 5.41) is 6.80.